The first-order valence-corrected chi connectivity index (χ1v) is 13.4. The van der Waals surface area contributed by atoms with Crippen LogP contribution in [0.1, 0.15) is 80.2 Å². The summed E-state index contributed by atoms with van der Waals surface area (Å²) in [7, 11) is 0. The lowest BCUT2D eigenvalue weighted by atomic mass is 9.75. The van der Waals surface area contributed by atoms with Gasteiger partial charge in [-0.2, -0.15) is 26.3 Å². The summed E-state index contributed by atoms with van der Waals surface area (Å²) in [6.07, 6.45) is -6.68. The average molecular weight is 572 g/mol. The van der Waals surface area contributed by atoms with Gasteiger partial charge in [-0.25, -0.2) is 4.39 Å². The summed E-state index contributed by atoms with van der Waals surface area (Å²) in [6, 6.07) is 7.46. The van der Waals surface area contributed by atoms with Crippen LogP contribution in [-0.2, 0) is 21.9 Å². The zero-order chi connectivity index (χ0) is 29.2. The van der Waals surface area contributed by atoms with Gasteiger partial charge in [0.15, 0.2) is 5.78 Å². The van der Waals surface area contributed by atoms with E-state index in [4.69, 9.17) is 4.74 Å². The third kappa shape index (κ3) is 7.25. The minimum absolute atomic E-state index is 0.104. The maximum atomic E-state index is 13.7. The molecule has 0 N–H and O–H groups in total. The molecule has 3 nitrogen and oxygen atoms in total. The van der Waals surface area contributed by atoms with Crippen molar-refractivity contribution in [2.75, 3.05) is 13.1 Å². The number of ketones is 1. The molecule has 0 unspecified atom stereocenters. The number of hydrogen-bond donors (Lipinski definition) is 0. The molecule has 2 aliphatic carbocycles. The van der Waals surface area contributed by atoms with E-state index in [2.05, 4.69) is 4.90 Å². The second-order valence-electron chi connectivity index (χ2n) is 10.6. The van der Waals surface area contributed by atoms with E-state index in [0.717, 1.165) is 24.2 Å². The summed E-state index contributed by atoms with van der Waals surface area (Å²) in [6.45, 7) is 4.90. The van der Waals surface area contributed by atoms with Gasteiger partial charge in [0.25, 0.3) is 0 Å². The number of benzene rings is 2. The van der Waals surface area contributed by atoms with Crippen molar-refractivity contribution < 1.29 is 40.3 Å². The van der Waals surface area contributed by atoms with Gasteiger partial charge in [0.05, 0.1) is 23.3 Å². The fourth-order valence-corrected chi connectivity index (χ4v) is 5.77. The first-order valence-electron chi connectivity index (χ1n) is 13.4. The molecule has 2 aromatic rings. The summed E-state index contributed by atoms with van der Waals surface area (Å²) >= 11 is 0. The number of rotatable bonds is 8. The molecule has 0 aromatic heterocycles. The van der Waals surface area contributed by atoms with Gasteiger partial charge < -0.3 is 9.64 Å². The maximum Gasteiger partial charge on any atom is 0.416 e. The molecule has 1 fully saturated rings. The second-order valence-corrected chi connectivity index (χ2v) is 10.6. The maximum absolute atomic E-state index is 13.7. The fourth-order valence-electron chi connectivity index (χ4n) is 5.77. The second kappa shape index (κ2) is 11.9. The lowest BCUT2D eigenvalue weighted by molar-refractivity contribution is -0.143. The molecule has 4 rings (SSSR count). The number of alkyl halides is 6. The van der Waals surface area contributed by atoms with E-state index in [1.165, 1.54) is 19.1 Å². The van der Waals surface area contributed by atoms with Crippen LogP contribution in [0.4, 0.5) is 30.7 Å². The van der Waals surface area contributed by atoms with Crippen LogP contribution >= 0.6 is 0 Å². The van der Waals surface area contributed by atoms with E-state index < -0.39 is 41.5 Å². The summed E-state index contributed by atoms with van der Waals surface area (Å²) in [4.78, 5) is 14.0. The van der Waals surface area contributed by atoms with Crippen molar-refractivity contribution in [1.82, 2.24) is 4.90 Å². The Kier molecular flexibility index (Phi) is 8.97. The van der Waals surface area contributed by atoms with Gasteiger partial charge in [0.2, 0.25) is 0 Å². The number of nitrogens with zero attached hydrogens (tertiary/aromatic N) is 1. The van der Waals surface area contributed by atoms with E-state index in [0.29, 0.717) is 44.4 Å². The summed E-state index contributed by atoms with van der Waals surface area (Å²) in [5.41, 5.74) is -1.18. The monoisotopic (exact) mass is 571 g/mol. The highest BCUT2D eigenvalue weighted by Gasteiger charge is 2.39. The Hall–Kier alpha value is -2.88. The molecule has 1 saturated carbocycles. The zero-order valence-corrected chi connectivity index (χ0v) is 22.3. The number of carbonyl (C=O) groups excluding carboxylic acids is 1. The van der Waals surface area contributed by atoms with Gasteiger partial charge in [-0.1, -0.05) is 12.1 Å². The summed E-state index contributed by atoms with van der Waals surface area (Å²) in [5, 5.41) is 0. The summed E-state index contributed by atoms with van der Waals surface area (Å²) in [5.74, 6) is -0.354. The van der Waals surface area contributed by atoms with E-state index in [1.807, 2.05) is 6.92 Å². The van der Waals surface area contributed by atoms with Crippen molar-refractivity contribution in [2.24, 2.45) is 5.92 Å². The van der Waals surface area contributed by atoms with Crippen molar-refractivity contribution in [3.63, 3.8) is 0 Å². The van der Waals surface area contributed by atoms with E-state index in [1.54, 1.807) is 18.2 Å². The predicted molar refractivity (Wildman–Crippen MR) is 136 cm³/mol. The van der Waals surface area contributed by atoms with E-state index in [-0.39, 0.29) is 29.2 Å². The SMILES string of the molecule is CCN(C[C@H]1CC[C@H](O[C@H](C)c2cc(C(F)(F)F)cc(C(F)(F)F)c2)[C@@H](c2ccc(F)cc2)C1)C1=CC(=O)CC1. The van der Waals surface area contributed by atoms with Crippen LogP contribution in [0.25, 0.3) is 0 Å². The quantitative estimate of drug-likeness (QED) is 0.298. The van der Waals surface area contributed by atoms with E-state index in [9.17, 15) is 35.5 Å². The van der Waals surface area contributed by atoms with Crippen LogP contribution in [-0.4, -0.2) is 29.9 Å². The molecular formula is C30H32F7NO2. The molecule has 0 amide bonds. The lowest BCUT2D eigenvalue weighted by Gasteiger charge is -2.40. The van der Waals surface area contributed by atoms with Crippen molar-refractivity contribution in [3.8, 4) is 0 Å². The summed E-state index contributed by atoms with van der Waals surface area (Å²) < 4.78 is 100. The fraction of sp³-hybridized carbons (Fsp3) is 0.500. The Morgan fingerprint density at radius 1 is 0.950 bits per heavy atom. The van der Waals surface area contributed by atoms with Crippen LogP contribution in [0.15, 0.2) is 54.2 Å². The molecule has 0 aliphatic heterocycles. The zero-order valence-electron chi connectivity index (χ0n) is 22.3. The molecule has 0 bridgehead atoms. The predicted octanol–water partition coefficient (Wildman–Crippen LogP) is 8.46. The standard InChI is InChI=1S/C30H32F7NO2/c1-3-38(25-9-10-26(39)16-25)17-19-4-11-28(27(12-19)20-5-7-24(31)8-6-20)40-18(2)21-13-22(29(32,33)34)15-23(14-21)30(35,36)37/h5-8,13-16,18-19,27-28H,3-4,9-12,17H2,1-2H3/t18-,19+,27-,28+/m1/s1. The molecule has 0 radical (unpaired) electrons. The molecular weight excluding hydrogens is 539 g/mol. The van der Waals surface area contributed by atoms with Crippen LogP contribution in [0.5, 0.6) is 0 Å². The van der Waals surface area contributed by atoms with Gasteiger partial charge in [-0.3, -0.25) is 4.79 Å². The number of halogens is 7. The number of hydrogen-bond acceptors (Lipinski definition) is 3. The van der Waals surface area contributed by atoms with Crippen molar-refractivity contribution in [1.29, 1.82) is 0 Å². The molecule has 2 aliphatic rings. The van der Waals surface area contributed by atoms with Crippen LogP contribution < -0.4 is 0 Å². The highest BCUT2D eigenvalue weighted by atomic mass is 19.4. The lowest BCUT2D eigenvalue weighted by Crippen LogP contribution is -2.36. The molecule has 0 spiro atoms. The highest BCUT2D eigenvalue weighted by molar-refractivity contribution is 5.92. The Balaban J connectivity index is 1.57. The highest BCUT2D eigenvalue weighted by Crippen LogP contribution is 2.43. The Labute approximate surface area is 229 Å². The first-order chi connectivity index (χ1) is 18.7. The largest absolute Gasteiger partial charge is 0.416 e. The molecule has 0 heterocycles. The van der Waals surface area contributed by atoms with Gasteiger partial charge in [-0.15, -0.1) is 0 Å². The van der Waals surface area contributed by atoms with Crippen molar-refractivity contribution in [3.05, 3.63) is 82.3 Å². The molecule has 218 valence electrons. The third-order valence-electron chi connectivity index (χ3n) is 7.87. The van der Waals surface area contributed by atoms with Crippen molar-refractivity contribution >= 4 is 5.78 Å². The Bertz CT molecular complexity index is 1190. The first kappa shape index (κ1) is 30.1. The molecule has 0 saturated heterocycles. The minimum Gasteiger partial charge on any atom is -0.375 e. The van der Waals surface area contributed by atoms with Gasteiger partial charge in [-0.05, 0) is 86.9 Å². The Morgan fingerprint density at radius 3 is 2.10 bits per heavy atom. The smallest absolute Gasteiger partial charge is 0.375 e. The van der Waals surface area contributed by atoms with Crippen LogP contribution in [0.3, 0.4) is 0 Å². The Morgan fingerprint density at radius 2 is 1.57 bits per heavy atom. The molecule has 10 heteroatoms. The third-order valence-corrected chi connectivity index (χ3v) is 7.87. The normalized spacial score (nSPS) is 22.8. The van der Waals surface area contributed by atoms with Gasteiger partial charge in [0, 0.05) is 37.2 Å². The number of carbonyl (C=O) groups is 1. The van der Waals surface area contributed by atoms with Gasteiger partial charge in [0.1, 0.15) is 5.82 Å². The topological polar surface area (TPSA) is 29.5 Å². The molecule has 40 heavy (non-hydrogen) atoms. The van der Waals surface area contributed by atoms with Gasteiger partial charge >= 0.3 is 12.4 Å². The van der Waals surface area contributed by atoms with Crippen LogP contribution in [0, 0.1) is 11.7 Å². The number of allylic oxidation sites excluding steroid dienone is 2. The average Bonchev–Trinajstić information content (AvgIpc) is 3.33. The minimum atomic E-state index is -4.95. The van der Waals surface area contributed by atoms with E-state index >= 15 is 0 Å². The molecule has 4 atom stereocenters. The van der Waals surface area contributed by atoms with Crippen LogP contribution in [0.2, 0.25) is 0 Å². The molecule has 2 aromatic carbocycles. The number of ether oxygens (including phenoxy) is 1. The van der Waals surface area contributed by atoms with Crippen molar-refractivity contribution in [2.45, 2.75) is 76.4 Å².